The summed E-state index contributed by atoms with van der Waals surface area (Å²) < 4.78 is 48.7. The average Bonchev–Trinajstić information content (AvgIpc) is 2.77. The van der Waals surface area contributed by atoms with Crippen molar-refractivity contribution in [3.05, 3.63) is 52.3 Å². The van der Waals surface area contributed by atoms with E-state index < -0.39 is 23.8 Å². The van der Waals surface area contributed by atoms with E-state index in [-0.39, 0.29) is 23.7 Å². The number of aromatic nitrogens is 2. The van der Waals surface area contributed by atoms with Gasteiger partial charge in [0.05, 0.1) is 19.9 Å². The molecule has 2 aromatic rings. The number of halogens is 3. The number of ether oxygens (including phenoxy) is 2. The summed E-state index contributed by atoms with van der Waals surface area (Å²) >= 11 is 0. The number of benzene rings is 1. The van der Waals surface area contributed by atoms with Crippen LogP contribution in [0.25, 0.3) is 0 Å². The van der Waals surface area contributed by atoms with Crippen LogP contribution in [0.5, 0.6) is 6.01 Å². The van der Waals surface area contributed by atoms with Crippen LogP contribution in [0.4, 0.5) is 13.2 Å². The van der Waals surface area contributed by atoms with Crippen molar-refractivity contribution >= 4 is 17.4 Å². The predicted octanol–water partition coefficient (Wildman–Crippen LogP) is 3.28. The second-order valence-corrected chi connectivity index (χ2v) is 6.29. The van der Waals surface area contributed by atoms with Gasteiger partial charge < -0.3 is 19.1 Å². The second-order valence-electron chi connectivity index (χ2n) is 6.29. The van der Waals surface area contributed by atoms with Crippen molar-refractivity contribution in [3.63, 3.8) is 0 Å². The van der Waals surface area contributed by atoms with E-state index in [0.717, 1.165) is 18.7 Å². The molecular formula is C20H21F3N4O5. The number of rotatable bonds is 8. The Bertz CT molecular complexity index is 1040. The zero-order valence-electron chi connectivity index (χ0n) is 18.0. The summed E-state index contributed by atoms with van der Waals surface area (Å²) in [5, 5.41) is 7.58. The van der Waals surface area contributed by atoms with E-state index in [2.05, 4.69) is 20.3 Å². The van der Waals surface area contributed by atoms with Gasteiger partial charge in [0.2, 0.25) is 0 Å². The third-order valence-corrected chi connectivity index (χ3v) is 4.19. The molecule has 0 atom stereocenters. The third-order valence-electron chi connectivity index (χ3n) is 4.19. The van der Waals surface area contributed by atoms with Gasteiger partial charge in [0.15, 0.2) is 11.4 Å². The van der Waals surface area contributed by atoms with Crippen molar-refractivity contribution in [2.45, 2.75) is 26.6 Å². The second kappa shape index (κ2) is 10.6. The smallest absolute Gasteiger partial charge is 0.433 e. The summed E-state index contributed by atoms with van der Waals surface area (Å²) in [6.45, 7) is 3.09. The molecule has 1 aromatic heterocycles. The zero-order valence-corrected chi connectivity index (χ0v) is 18.0. The van der Waals surface area contributed by atoms with Crippen molar-refractivity contribution in [3.8, 4) is 6.01 Å². The molecule has 0 saturated carbocycles. The number of esters is 1. The minimum absolute atomic E-state index is 0.0603. The van der Waals surface area contributed by atoms with Crippen LogP contribution in [0.3, 0.4) is 0 Å². The molecule has 0 fully saturated rings. The molecule has 0 spiro atoms. The van der Waals surface area contributed by atoms with Crippen LogP contribution in [-0.4, -0.2) is 48.7 Å². The maximum absolute atomic E-state index is 13.1. The van der Waals surface area contributed by atoms with Gasteiger partial charge in [-0.15, -0.1) is 0 Å². The van der Waals surface area contributed by atoms with E-state index in [0.29, 0.717) is 11.1 Å². The molecule has 0 amide bonds. The Kier molecular flexibility index (Phi) is 8.10. The van der Waals surface area contributed by atoms with E-state index in [1.807, 2.05) is 0 Å². The van der Waals surface area contributed by atoms with Gasteiger partial charge in [0.25, 0.3) is 0 Å². The summed E-state index contributed by atoms with van der Waals surface area (Å²) in [5.74, 6) is -0.717. The fourth-order valence-electron chi connectivity index (χ4n) is 2.59. The Morgan fingerprint density at radius 2 is 1.84 bits per heavy atom. The summed E-state index contributed by atoms with van der Waals surface area (Å²) in [6.07, 6.45) is -4.69. The molecular weight excluding hydrogens is 433 g/mol. The molecule has 0 saturated heterocycles. The fourth-order valence-corrected chi connectivity index (χ4v) is 2.59. The quantitative estimate of drug-likeness (QED) is 0.342. The van der Waals surface area contributed by atoms with Crippen molar-refractivity contribution in [2.24, 2.45) is 10.3 Å². The Morgan fingerprint density at radius 3 is 2.44 bits per heavy atom. The van der Waals surface area contributed by atoms with E-state index in [1.165, 1.54) is 21.1 Å². The first kappa shape index (κ1) is 24.6. The van der Waals surface area contributed by atoms with Gasteiger partial charge in [-0.1, -0.05) is 28.5 Å². The largest absolute Gasteiger partial charge is 0.467 e. The number of methoxy groups -OCH3 is 2. The lowest BCUT2D eigenvalue weighted by atomic mass is 9.99. The van der Waals surface area contributed by atoms with Gasteiger partial charge in [-0.2, -0.15) is 23.1 Å². The van der Waals surface area contributed by atoms with Crippen LogP contribution in [-0.2, 0) is 32.0 Å². The van der Waals surface area contributed by atoms with E-state index in [9.17, 15) is 18.0 Å². The zero-order chi connectivity index (χ0) is 23.9. The van der Waals surface area contributed by atoms with E-state index >= 15 is 0 Å². The molecule has 0 aliphatic carbocycles. The maximum atomic E-state index is 13.1. The molecule has 32 heavy (non-hydrogen) atoms. The van der Waals surface area contributed by atoms with Gasteiger partial charge in [-0.3, -0.25) is 0 Å². The van der Waals surface area contributed by atoms with Gasteiger partial charge in [-0.05, 0) is 25.5 Å². The predicted molar refractivity (Wildman–Crippen MR) is 107 cm³/mol. The van der Waals surface area contributed by atoms with Crippen molar-refractivity contribution in [1.29, 1.82) is 0 Å². The topological polar surface area (TPSA) is 104 Å². The number of oxime groups is 2. The lowest BCUT2D eigenvalue weighted by Gasteiger charge is -2.13. The van der Waals surface area contributed by atoms with Crippen molar-refractivity contribution in [1.82, 2.24) is 9.97 Å². The Hall–Kier alpha value is -3.70. The van der Waals surface area contributed by atoms with E-state index in [4.69, 9.17) is 19.1 Å². The summed E-state index contributed by atoms with van der Waals surface area (Å²) in [6, 6.07) is 5.41. The summed E-state index contributed by atoms with van der Waals surface area (Å²) in [5.41, 5.74) is 0.402. The monoisotopic (exact) mass is 454 g/mol. The maximum Gasteiger partial charge on any atom is 0.433 e. The minimum atomic E-state index is -4.69. The number of carbonyl (C=O) groups is 1. The van der Waals surface area contributed by atoms with Crippen molar-refractivity contribution in [2.75, 3.05) is 21.3 Å². The lowest BCUT2D eigenvalue weighted by Crippen LogP contribution is -2.20. The van der Waals surface area contributed by atoms with E-state index in [1.54, 1.807) is 25.1 Å². The molecule has 12 heteroatoms. The van der Waals surface area contributed by atoms with Gasteiger partial charge in [0, 0.05) is 11.1 Å². The molecule has 0 bridgehead atoms. The highest BCUT2D eigenvalue weighted by Gasteiger charge is 2.34. The van der Waals surface area contributed by atoms with Gasteiger partial charge >= 0.3 is 18.2 Å². The van der Waals surface area contributed by atoms with Gasteiger partial charge in [0.1, 0.15) is 19.4 Å². The number of nitrogens with zero attached hydrogens (tertiary/aromatic N) is 4. The highest BCUT2D eigenvalue weighted by molar-refractivity contribution is 6.43. The Morgan fingerprint density at radius 1 is 1.12 bits per heavy atom. The van der Waals surface area contributed by atoms with Crippen LogP contribution in [0.15, 0.2) is 34.6 Å². The number of carbonyl (C=O) groups excluding carboxylic acids is 1. The number of hydrogen-bond donors (Lipinski definition) is 0. The first-order valence-corrected chi connectivity index (χ1v) is 9.07. The molecule has 9 nitrogen and oxygen atoms in total. The fraction of sp³-hybridized carbons (Fsp3) is 0.350. The summed E-state index contributed by atoms with van der Waals surface area (Å²) in [4.78, 5) is 29.3. The molecule has 172 valence electrons. The molecule has 0 N–H and O–H groups in total. The number of aryl methyl sites for hydroxylation is 1. The van der Waals surface area contributed by atoms with Gasteiger partial charge in [-0.25, -0.2) is 4.79 Å². The Labute approximate surface area is 181 Å². The first-order chi connectivity index (χ1) is 15.1. The highest BCUT2D eigenvalue weighted by atomic mass is 19.4. The van der Waals surface area contributed by atoms with Crippen LogP contribution in [0.1, 0.15) is 35.0 Å². The van der Waals surface area contributed by atoms with Crippen LogP contribution in [0, 0.1) is 6.92 Å². The minimum Gasteiger partial charge on any atom is -0.467 e. The normalized spacial score (nSPS) is 12.4. The highest BCUT2D eigenvalue weighted by Crippen LogP contribution is 2.29. The molecule has 0 aliphatic heterocycles. The van der Waals surface area contributed by atoms with Crippen LogP contribution >= 0.6 is 0 Å². The molecule has 0 radical (unpaired) electrons. The lowest BCUT2D eigenvalue weighted by molar-refractivity contribution is -0.141. The first-order valence-electron chi connectivity index (χ1n) is 9.07. The SMILES string of the molecule is CO/N=C(/C(=O)OC)c1cccc(C)c1CO/N=C(\C)c1cc(C(F)(F)F)nc(OC)n1. The number of alkyl halides is 3. The third kappa shape index (κ3) is 5.93. The molecule has 1 heterocycles. The molecule has 0 aliphatic rings. The van der Waals surface area contributed by atoms with Crippen LogP contribution in [0.2, 0.25) is 0 Å². The number of hydrogen-bond acceptors (Lipinski definition) is 9. The summed E-state index contributed by atoms with van der Waals surface area (Å²) in [7, 11) is 3.65. The van der Waals surface area contributed by atoms with Crippen LogP contribution < -0.4 is 4.74 Å². The molecule has 1 aromatic carbocycles. The van der Waals surface area contributed by atoms with Crippen molar-refractivity contribution < 1.29 is 37.1 Å². The Balaban J connectivity index is 2.34. The average molecular weight is 454 g/mol. The standard InChI is InChI=1S/C20H21F3N4O5/c1-11-7-6-8-13(17(27-31-5)18(28)29-3)14(11)10-32-26-12(2)15-9-16(20(21,22)23)25-19(24-15)30-4/h6-9H,10H2,1-5H3/b26-12+,27-17+. The molecule has 2 rings (SSSR count). The molecule has 0 unspecified atom stereocenters.